The van der Waals surface area contributed by atoms with Crippen molar-refractivity contribution in [2.24, 2.45) is 5.92 Å². The van der Waals surface area contributed by atoms with Crippen molar-refractivity contribution in [2.45, 2.75) is 45.6 Å². The molecule has 0 radical (unpaired) electrons. The maximum atomic E-state index is 16.0. The number of nitrogens with zero attached hydrogens (tertiary/aromatic N) is 4. The highest BCUT2D eigenvalue weighted by Crippen LogP contribution is 2.30. The molecule has 2 aliphatic rings. The molecule has 3 aromatic rings. The van der Waals surface area contributed by atoms with Crippen LogP contribution in [0.3, 0.4) is 0 Å². The summed E-state index contributed by atoms with van der Waals surface area (Å²) in [4.78, 5) is 22.7. The number of piperazine rings is 1. The number of Topliss-reactive ketones (excluding diaryl/α,β-unsaturated/α-hetero) is 1. The second-order valence-corrected chi connectivity index (χ2v) is 11.9. The van der Waals surface area contributed by atoms with Gasteiger partial charge in [-0.05, 0) is 81.4 Å². The van der Waals surface area contributed by atoms with Crippen molar-refractivity contribution >= 4 is 32.7 Å². The Kier molecular flexibility index (Phi) is 8.93. The van der Waals surface area contributed by atoms with E-state index in [2.05, 4.69) is 37.8 Å². The number of benzene rings is 2. The Balaban J connectivity index is 1.35. The van der Waals surface area contributed by atoms with E-state index in [9.17, 15) is 4.79 Å². The molecule has 0 atom stereocenters. The topological polar surface area (TPSA) is 50.6 Å². The summed E-state index contributed by atoms with van der Waals surface area (Å²) in [6.07, 6.45) is 6.44. The van der Waals surface area contributed by atoms with Crippen LogP contribution in [-0.4, -0.2) is 78.1 Å². The molecule has 5 rings (SSSR count). The Hall–Kier alpha value is -2.13. The molecule has 0 bridgehead atoms. The van der Waals surface area contributed by atoms with Gasteiger partial charge in [-0.15, -0.1) is 0 Å². The first-order valence-electron chi connectivity index (χ1n) is 13.8. The molecule has 1 aromatic heterocycles. The maximum Gasteiger partial charge on any atom is 0.188 e. The monoisotopic (exact) mass is 584 g/mol. The van der Waals surface area contributed by atoms with Crippen molar-refractivity contribution in [3.8, 4) is 0 Å². The highest BCUT2D eigenvalue weighted by molar-refractivity contribution is 9.10. The smallest absolute Gasteiger partial charge is 0.188 e. The van der Waals surface area contributed by atoms with Crippen LogP contribution < -0.4 is 0 Å². The molecule has 8 heteroatoms. The summed E-state index contributed by atoms with van der Waals surface area (Å²) in [6, 6.07) is 7.80. The predicted octanol–water partition coefficient (Wildman–Crippen LogP) is 5.47. The molecule has 38 heavy (non-hydrogen) atoms. The van der Waals surface area contributed by atoms with Crippen LogP contribution >= 0.6 is 15.9 Å². The first-order chi connectivity index (χ1) is 18.4. The minimum absolute atomic E-state index is 0.0209. The average Bonchev–Trinajstić information content (AvgIpc) is 3.63. The molecule has 2 heterocycles. The number of ether oxygens (including phenoxy) is 1. The van der Waals surface area contributed by atoms with E-state index in [1.54, 1.807) is 6.33 Å². The van der Waals surface area contributed by atoms with Gasteiger partial charge in [0.05, 0.1) is 18.5 Å². The Morgan fingerprint density at radius 1 is 1.13 bits per heavy atom. The zero-order chi connectivity index (χ0) is 26.6. The molecular weight excluding hydrogens is 547 g/mol. The van der Waals surface area contributed by atoms with Gasteiger partial charge < -0.3 is 19.1 Å². The van der Waals surface area contributed by atoms with E-state index in [4.69, 9.17) is 4.74 Å². The van der Waals surface area contributed by atoms with Gasteiger partial charge in [0.25, 0.3) is 0 Å². The summed E-state index contributed by atoms with van der Waals surface area (Å²) in [5.41, 5.74) is 3.87. The van der Waals surface area contributed by atoms with E-state index in [0.29, 0.717) is 41.1 Å². The molecule has 1 saturated heterocycles. The SMILES string of the molecule is Cc1cc(Br)ccc1Cc1c(C(=O)COCC2CC2)cc2c(ncn2CCCCN2CCN(C)CC2)c1F. The van der Waals surface area contributed by atoms with Crippen LogP contribution in [0.5, 0.6) is 0 Å². The van der Waals surface area contributed by atoms with Gasteiger partial charge in [-0.1, -0.05) is 22.0 Å². The number of fused-ring (bicyclic) bond motifs is 1. The molecular formula is C30H38BrFN4O2. The molecule has 0 amide bonds. The lowest BCUT2D eigenvalue weighted by Crippen LogP contribution is -2.44. The number of ketones is 1. The van der Waals surface area contributed by atoms with Crippen molar-refractivity contribution in [1.29, 1.82) is 0 Å². The standard InChI is InChI=1S/C30H38BrFN4O2/c1-21-15-24(31)8-7-23(21)16-26-25(28(37)19-38-18-22-5-6-22)17-27-30(29(26)32)33-20-36(27)10-4-3-9-35-13-11-34(2)12-14-35/h7-8,15,17,20,22H,3-6,9-14,16,18-19H2,1-2H3. The Morgan fingerprint density at radius 2 is 1.89 bits per heavy atom. The number of rotatable bonds is 12. The molecule has 6 nitrogen and oxygen atoms in total. The number of hydrogen-bond donors (Lipinski definition) is 0. The van der Waals surface area contributed by atoms with Gasteiger partial charge in [-0.2, -0.15) is 0 Å². The number of likely N-dealkylation sites (N-methyl/N-ethyl adjacent to an activating group) is 1. The quantitative estimate of drug-likeness (QED) is 0.208. The van der Waals surface area contributed by atoms with Crippen LogP contribution in [0.25, 0.3) is 11.0 Å². The van der Waals surface area contributed by atoms with Crippen LogP contribution in [0.1, 0.15) is 52.7 Å². The lowest BCUT2D eigenvalue weighted by molar-refractivity contribution is 0.0738. The molecule has 0 N–H and O–H groups in total. The lowest BCUT2D eigenvalue weighted by atomic mass is 9.94. The van der Waals surface area contributed by atoms with E-state index >= 15 is 4.39 Å². The first-order valence-corrected chi connectivity index (χ1v) is 14.6. The zero-order valence-corrected chi connectivity index (χ0v) is 24.1. The van der Waals surface area contributed by atoms with Gasteiger partial charge in [0, 0.05) is 54.7 Å². The number of hydrogen-bond acceptors (Lipinski definition) is 5. The number of aromatic nitrogens is 2. The molecule has 2 aromatic carbocycles. The van der Waals surface area contributed by atoms with Crippen molar-refractivity contribution in [3.63, 3.8) is 0 Å². The molecule has 0 spiro atoms. The van der Waals surface area contributed by atoms with Crippen molar-refractivity contribution in [1.82, 2.24) is 19.4 Å². The van der Waals surface area contributed by atoms with Crippen molar-refractivity contribution < 1.29 is 13.9 Å². The van der Waals surface area contributed by atoms with E-state index in [-0.39, 0.29) is 12.4 Å². The fraction of sp³-hybridized carbons (Fsp3) is 0.533. The van der Waals surface area contributed by atoms with Gasteiger partial charge in [0.15, 0.2) is 11.6 Å². The van der Waals surface area contributed by atoms with Crippen LogP contribution in [0, 0.1) is 18.7 Å². The maximum absolute atomic E-state index is 16.0. The predicted molar refractivity (Wildman–Crippen MR) is 152 cm³/mol. The number of carbonyl (C=O) groups is 1. The van der Waals surface area contributed by atoms with Gasteiger partial charge in [0.1, 0.15) is 12.1 Å². The van der Waals surface area contributed by atoms with Crippen molar-refractivity contribution in [3.05, 3.63) is 63.1 Å². The third-order valence-corrected chi connectivity index (χ3v) is 8.43. The van der Waals surface area contributed by atoms with Crippen LogP contribution in [0.2, 0.25) is 0 Å². The molecule has 204 valence electrons. The van der Waals surface area contributed by atoms with E-state index in [1.807, 2.05) is 35.8 Å². The zero-order valence-electron chi connectivity index (χ0n) is 22.5. The van der Waals surface area contributed by atoms with Crippen molar-refractivity contribution in [2.75, 3.05) is 53.0 Å². The molecule has 0 unspecified atom stereocenters. The number of carbonyl (C=O) groups excluding carboxylic acids is 1. The van der Waals surface area contributed by atoms with E-state index in [1.165, 1.54) is 0 Å². The molecule has 1 saturated carbocycles. The minimum Gasteiger partial charge on any atom is -0.373 e. The highest BCUT2D eigenvalue weighted by atomic mass is 79.9. The fourth-order valence-electron chi connectivity index (χ4n) is 5.21. The molecule has 2 fully saturated rings. The Bertz CT molecular complexity index is 1280. The number of unbranched alkanes of at least 4 members (excludes halogenated alkanes) is 1. The van der Waals surface area contributed by atoms with Gasteiger partial charge in [-0.25, -0.2) is 9.37 Å². The summed E-state index contributed by atoms with van der Waals surface area (Å²) in [6.45, 7) is 8.89. The second-order valence-electron chi connectivity index (χ2n) is 11.0. The molecule has 1 aliphatic carbocycles. The largest absolute Gasteiger partial charge is 0.373 e. The minimum atomic E-state index is -0.397. The first kappa shape index (κ1) is 27.4. The highest BCUT2D eigenvalue weighted by Gasteiger charge is 2.25. The van der Waals surface area contributed by atoms with Crippen LogP contribution in [0.4, 0.5) is 4.39 Å². The van der Waals surface area contributed by atoms with E-state index in [0.717, 1.165) is 80.6 Å². The number of halogens is 2. The van der Waals surface area contributed by atoms with Gasteiger partial charge in [0.2, 0.25) is 0 Å². The number of aryl methyl sites for hydroxylation is 2. The normalized spacial score (nSPS) is 16.9. The van der Waals surface area contributed by atoms with Crippen LogP contribution in [0.15, 0.2) is 35.1 Å². The Labute approximate surface area is 233 Å². The Morgan fingerprint density at radius 3 is 2.63 bits per heavy atom. The summed E-state index contributed by atoms with van der Waals surface area (Å²) in [7, 11) is 2.17. The van der Waals surface area contributed by atoms with Gasteiger partial charge in [-0.3, -0.25) is 4.79 Å². The lowest BCUT2D eigenvalue weighted by Gasteiger charge is -2.32. The number of imidazole rings is 1. The second kappa shape index (κ2) is 12.4. The van der Waals surface area contributed by atoms with E-state index < -0.39 is 5.82 Å². The third-order valence-electron chi connectivity index (χ3n) is 7.93. The third kappa shape index (κ3) is 6.71. The van der Waals surface area contributed by atoms with Crippen LogP contribution in [-0.2, 0) is 17.7 Å². The molecule has 1 aliphatic heterocycles. The summed E-state index contributed by atoms with van der Waals surface area (Å²) >= 11 is 3.50. The fourth-order valence-corrected chi connectivity index (χ4v) is 5.69. The average molecular weight is 586 g/mol. The summed E-state index contributed by atoms with van der Waals surface area (Å²) in [5, 5.41) is 0. The van der Waals surface area contributed by atoms with Gasteiger partial charge >= 0.3 is 0 Å². The summed E-state index contributed by atoms with van der Waals surface area (Å²) < 4.78 is 24.7. The summed E-state index contributed by atoms with van der Waals surface area (Å²) in [5.74, 6) is 0.00441.